The Hall–Kier alpha value is -3.83. The van der Waals surface area contributed by atoms with Gasteiger partial charge in [0.05, 0.1) is 16.7 Å². The maximum Gasteiger partial charge on any atom is 0.410 e. The number of ether oxygens (including phenoxy) is 1. The van der Waals surface area contributed by atoms with Crippen LogP contribution in [0.5, 0.6) is 0 Å². The standard InChI is InChI=1S/C36H46ClN7O4/c1-41-13-6-25(7-14-41)26-8-15-42(16-9-26)34(45)32(22-24-20-28-23-38-40-33(28)30(37)21-24)48-36(47)43-17-11-29(12-18-43)44-19-10-27-4-2-3-5-31(27)39-35(44)46/h2-5,20-21,23,25-26,29,32H,6-19,22H2,1H3,(H,38,40)(H,39,46)/t32-/m1/s1. The van der Waals surface area contributed by atoms with Gasteiger partial charge in [-0.1, -0.05) is 29.8 Å². The fourth-order valence-electron chi connectivity index (χ4n) is 8.17. The Morgan fingerprint density at radius 2 is 1.62 bits per heavy atom. The molecule has 3 saturated heterocycles. The molecule has 256 valence electrons. The zero-order chi connectivity index (χ0) is 33.2. The Morgan fingerprint density at radius 3 is 2.38 bits per heavy atom. The van der Waals surface area contributed by atoms with Crippen LogP contribution in [0.25, 0.3) is 10.9 Å². The highest BCUT2D eigenvalue weighted by molar-refractivity contribution is 6.35. The van der Waals surface area contributed by atoms with Crippen molar-refractivity contribution < 1.29 is 19.1 Å². The summed E-state index contributed by atoms with van der Waals surface area (Å²) in [5, 5.41) is 11.4. The zero-order valence-corrected chi connectivity index (χ0v) is 28.5. The lowest BCUT2D eigenvalue weighted by Gasteiger charge is -2.40. The van der Waals surface area contributed by atoms with Crippen molar-refractivity contribution >= 4 is 46.2 Å². The van der Waals surface area contributed by atoms with Crippen molar-refractivity contribution in [3.05, 3.63) is 58.7 Å². The van der Waals surface area contributed by atoms with Crippen LogP contribution in [0.4, 0.5) is 15.3 Å². The molecule has 2 aromatic carbocycles. The monoisotopic (exact) mass is 675 g/mol. The SMILES string of the molecule is CN1CCC(C2CCN(C(=O)[C@@H](Cc3cc(Cl)c4[nH]ncc4c3)OC(=O)N3CCC(N4CCc5ccccc5NC4=O)CC3)CC2)CC1. The molecule has 11 nitrogen and oxygen atoms in total. The smallest absolute Gasteiger partial charge is 0.410 e. The van der Waals surface area contributed by atoms with E-state index in [1.165, 1.54) is 12.8 Å². The van der Waals surface area contributed by atoms with Crippen LogP contribution in [0.2, 0.25) is 5.02 Å². The number of para-hydroxylation sites is 1. The summed E-state index contributed by atoms with van der Waals surface area (Å²) < 4.78 is 6.09. The van der Waals surface area contributed by atoms with Crippen LogP contribution in [0.15, 0.2) is 42.6 Å². The average Bonchev–Trinajstić information content (AvgIpc) is 3.52. The number of carbonyl (C=O) groups excluding carboxylic acids is 3. The summed E-state index contributed by atoms with van der Waals surface area (Å²) in [4.78, 5) is 48.7. The number of hydrogen-bond donors (Lipinski definition) is 2. The minimum atomic E-state index is -0.967. The number of hydrogen-bond acceptors (Lipinski definition) is 6. The molecule has 4 aliphatic heterocycles. The molecule has 0 aliphatic carbocycles. The number of aromatic amines is 1. The van der Waals surface area contributed by atoms with Gasteiger partial charge in [0.15, 0.2) is 6.10 Å². The lowest BCUT2D eigenvalue weighted by atomic mass is 9.79. The Balaban J connectivity index is 0.996. The van der Waals surface area contributed by atoms with Gasteiger partial charge < -0.3 is 29.7 Å². The zero-order valence-electron chi connectivity index (χ0n) is 27.7. The summed E-state index contributed by atoms with van der Waals surface area (Å²) >= 11 is 6.55. The largest absolute Gasteiger partial charge is 0.436 e. The third-order valence-corrected chi connectivity index (χ3v) is 11.4. The summed E-state index contributed by atoms with van der Waals surface area (Å²) in [5.41, 5.74) is 3.54. The molecule has 0 spiro atoms. The molecule has 0 radical (unpaired) electrons. The minimum Gasteiger partial charge on any atom is -0.436 e. The maximum absolute atomic E-state index is 14.1. The van der Waals surface area contributed by atoms with Crippen molar-refractivity contribution in [3.8, 4) is 0 Å². The third kappa shape index (κ3) is 7.12. The van der Waals surface area contributed by atoms with E-state index >= 15 is 0 Å². The van der Waals surface area contributed by atoms with Gasteiger partial charge in [0, 0.05) is 56.3 Å². The molecule has 2 N–H and O–H groups in total. The molecule has 3 fully saturated rings. The molecule has 4 amide bonds. The van der Waals surface area contributed by atoms with Gasteiger partial charge in [-0.3, -0.25) is 9.89 Å². The van der Waals surface area contributed by atoms with Gasteiger partial charge in [-0.05, 0) is 106 Å². The van der Waals surface area contributed by atoms with Crippen molar-refractivity contribution in [3.63, 3.8) is 0 Å². The Labute approximate surface area is 286 Å². The summed E-state index contributed by atoms with van der Waals surface area (Å²) in [5.74, 6) is 1.20. The van der Waals surface area contributed by atoms with E-state index in [0.29, 0.717) is 56.5 Å². The summed E-state index contributed by atoms with van der Waals surface area (Å²) in [7, 11) is 2.19. The van der Waals surface area contributed by atoms with Crippen LogP contribution < -0.4 is 5.32 Å². The fourth-order valence-corrected chi connectivity index (χ4v) is 8.46. The molecule has 48 heavy (non-hydrogen) atoms. The van der Waals surface area contributed by atoms with Crippen LogP contribution in [-0.2, 0) is 22.4 Å². The number of carbonyl (C=O) groups is 3. The molecule has 12 heteroatoms. The topological polar surface area (TPSA) is 114 Å². The Bertz CT molecular complexity index is 1620. The van der Waals surface area contributed by atoms with Gasteiger partial charge in [-0.25, -0.2) is 9.59 Å². The highest BCUT2D eigenvalue weighted by atomic mass is 35.5. The number of piperidine rings is 3. The lowest BCUT2D eigenvalue weighted by molar-refractivity contribution is -0.142. The summed E-state index contributed by atoms with van der Waals surface area (Å²) in [6, 6.07) is 11.6. The van der Waals surface area contributed by atoms with E-state index in [9.17, 15) is 14.4 Å². The molecule has 7 rings (SSSR count). The van der Waals surface area contributed by atoms with Crippen LogP contribution in [0.3, 0.4) is 0 Å². The number of nitrogens with zero attached hydrogens (tertiary/aromatic N) is 5. The van der Waals surface area contributed by atoms with Gasteiger partial charge in [0.2, 0.25) is 0 Å². The molecule has 0 unspecified atom stereocenters. The number of aromatic nitrogens is 2. The van der Waals surface area contributed by atoms with Crippen molar-refractivity contribution in [2.24, 2.45) is 11.8 Å². The molecule has 4 aliphatic rings. The first-order valence-corrected chi connectivity index (χ1v) is 17.9. The van der Waals surface area contributed by atoms with Crippen molar-refractivity contribution in [1.29, 1.82) is 0 Å². The number of urea groups is 1. The van der Waals surface area contributed by atoms with Gasteiger partial charge in [-0.15, -0.1) is 0 Å². The number of rotatable bonds is 6. The van der Waals surface area contributed by atoms with Crippen molar-refractivity contribution in [2.45, 2.75) is 63.5 Å². The highest BCUT2D eigenvalue weighted by Crippen LogP contribution is 2.33. The minimum absolute atomic E-state index is 0.0236. The number of benzene rings is 2. The van der Waals surface area contributed by atoms with Gasteiger partial charge in [0.25, 0.3) is 5.91 Å². The first-order valence-electron chi connectivity index (χ1n) is 17.5. The van der Waals surface area contributed by atoms with Crippen molar-refractivity contribution in [1.82, 2.24) is 29.8 Å². The average molecular weight is 676 g/mol. The number of H-pyrrole nitrogens is 1. The Kier molecular flexibility index (Phi) is 9.77. The number of fused-ring (bicyclic) bond motifs is 2. The number of nitrogens with one attached hydrogen (secondary N) is 2. The van der Waals surface area contributed by atoms with Crippen LogP contribution >= 0.6 is 11.6 Å². The van der Waals surface area contributed by atoms with Gasteiger partial charge in [0.1, 0.15) is 0 Å². The second-order valence-corrected chi connectivity index (χ2v) is 14.4. The van der Waals surface area contributed by atoms with Gasteiger partial charge in [-0.2, -0.15) is 5.10 Å². The molecule has 3 aromatic rings. The van der Waals surface area contributed by atoms with E-state index in [1.807, 2.05) is 40.1 Å². The number of halogens is 1. The summed E-state index contributed by atoms with van der Waals surface area (Å²) in [6.45, 7) is 5.18. The van der Waals surface area contributed by atoms with E-state index in [2.05, 4.69) is 33.5 Å². The second-order valence-electron chi connectivity index (χ2n) is 14.0. The van der Waals surface area contributed by atoms with E-state index in [-0.39, 0.29) is 24.4 Å². The van der Waals surface area contributed by atoms with E-state index in [0.717, 1.165) is 66.0 Å². The second kappa shape index (κ2) is 14.3. The normalized spacial score (nSPS) is 21.1. The van der Waals surface area contributed by atoms with Crippen LogP contribution in [0, 0.1) is 11.8 Å². The Morgan fingerprint density at radius 1 is 0.938 bits per heavy atom. The first-order chi connectivity index (χ1) is 23.3. The molecule has 5 heterocycles. The van der Waals surface area contributed by atoms with Crippen LogP contribution in [-0.4, -0.2) is 113 Å². The summed E-state index contributed by atoms with van der Waals surface area (Å²) in [6.07, 6.45) is 6.96. The van der Waals surface area contributed by atoms with Crippen molar-refractivity contribution in [2.75, 3.05) is 58.2 Å². The van der Waals surface area contributed by atoms with E-state index in [4.69, 9.17) is 16.3 Å². The van der Waals surface area contributed by atoms with E-state index < -0.39 is 12.2 Å². The number of anilines is 1. The lowest BCUT2D eigenvalue weighted by Crippen LogP contribution is -2.52. The quantitative estimate of drug-likeness (QED) is 0.362. The molecule has 0 bridgehead atoms. The first kappa shape index (κ1) is 32.7. The molecular formula is C36H46ClN7O4. The molecular weight excluding hydrogens is 630 g/mol. The number of amides is 4. The maximum atomic E-state index is 14.1. The highest BCUT2D eigenvalue weighted by Gasteiger charge is 2.37. The fraction of sp³-hybridized carbons (Fsp3) is 0.556. The van der Waals surface area contributed by atoms with Gasteiger partial charge >= 0.3 is 12.1 Å². The predicted molar refractivity (Wildman–Crippen MR) is 185 cm³/mol. The van der Waals surface area contributed by atoms with E-state index in [1.54, 1.807) is 11.1 Å². The third-order valence-electron chi connectivity index (χ3n) is 11.1. The van der Waals surface area contributed by atoms with Crippen LogP contribution in [0.1, 0.15) is 49.7 Å². The molecule has 0 saturated carbocycles. The number of likely N-dealkylation sites (tertiary alicyclic amines) is 3. The molecule has 1 aromatic heterocycles. The molecule has 1 atom stereocenters. The predicted octanol–water partition coefficient (Wildman–Crippen LogP) is 5.40.